The Balaban J connectivity index is 3.76. The molecule has 0 unspecified atom stereocenters. The minimum atomic E-state index is -5.33. The standard InChI is InChI=1S/C10H5F7O2/c1-19-4-2-5(9(12,13)14)7(8(11)18)6(3-4)10(15,16)17/h2-3H,1H3. The number of ether oxygens (including phenoxy) is 1. The van der Waals surface area contributed by atoms with Crippen LogP contribution in [0.25, 0.3) is 0 Å². The number of halogens is 7. The first kappa shape index (κ1) is 15.3. The summed E-state index contributed by atoms with van der Waals surface area (Å²) in [5.74, 6) is -0.787. The van der Waals surface area contributed by atoms with Crippen LogP contribution in [0, 0.1) is 0 Å². The molecule has 0 saturated heterocycles. The Morgan fingerprint density at radius 3 is 1.58 bits per heavy atom. The molecule has 9 heteroatoms. The van der Waals surface area contributed by atoms with Gasteiger partial charge < -0.3 is 4.74 Å². The fourth-order valence-electron chi connectivity index (χ4n) is 1.39. The molecule has 106 valence electrons. The largest absolute Gasteiger partial charge is 0.497 e. The van der Waals surface area contributed by atoms with E-state index in [1.807, 2.05) is 0 Å². The average Bonchev–Trinajstić information content (AvgIpc) is 2.24. The van der Waals surface area contributed by atoms with Gasteiger partial charge in [-0.2, -0.15) is 30.7 Å². The molecule has 0 bridgehead atoms. The lowest BCUT2D eigenvalue weighted by Gasteiger charge is -2.17. The Bertz CT molecular complexity index is 467. The highest BCUT2D eigenvalue weighted by Crippen LogP contribution is 2.42. The van der Waals surface area contributed by atoms with Crippen LogP contribution in [0.2, 0.25) is 0 Å². The van der Waals surface area contributed by atoms with E-state index < -0.39 is 40.8 Å². The number of rotatable bonds is 2. The molecule has 0 radical (unpaired) electrons. The minimum Gasteiger partial charge on any atom is -0.497 e. The third-order valence-electron chi connectivity index (χ3n) is 2.15. The Hall–Kier alpha value is -1.80. The first-order valence-electron chi connectivity index (χ1n) is 4.54. The first-order chi connectivity index (χ1) is 8.48. The van der Waals surface area contributed by atoms with E-state index in [1.54, 1.807) is 0 Å². The van der Waals surface area contributed by atoms with Gasteiger partial charge in [-0.15, -0.1) is 0 Å². The van der Waals surface area contributed by atoms with Crippen LogP contribution in [0.15, 0.2) is 12.1 Å². The van der Waals surface area contributed by atoms with Crippen molar-refractivity contribution in [3.8, 4) is 5.75 Å². The summed E-state index contributed by atoms with van der Waals surface area (Å²) in [5, 5.41) is 0. The second kappa shape index (κ2) is 4.71. The van der Waals surface area contributed by atoms with Crippen molar-refractivity contribution in [3.63, 3.8) is 0 Å². The van der Waals surface area contributed by atoms with Crippen molar-refractivity contribution in [3.05, 3.63) is 28.8 Å². The van der Waals surface area contributed by atoms with Crippen LogP contribution in [-0.2, 0) is 12.4 Å². The van der Waals surface area contributed by atoms with Crippen molar-refractivity contribution < 1.29 is 40.3 Å². The van der Waals surface area contributed by atoms with Crippen molar-refractivity contribution in [2.45, 2.75) is 12.4 Å². The Kier molecular flexibility index (Phi) is 3.78. The van der Waals surface area contributed by atoms with E-state index in [0.717, 1.165) is 7.11 Å². The summed E-state index contributed by atoms with van der Waals surface area (Å²) in [6.45, 7) is 0. The zero-order valence-electron chi connectivity index (χ0n) is 9.12. The monoisotopic (exact) mass is 290 g/mol. The zero-order chi connectivity index (χ0) is 15.0. The molecule has 0 aliphatic heterocycles. The highest BCUT2D eigenvalue weighted by Gasteiger charge is 2.44. The van der Waals surface area contributed by atoms with Gasteiger partial charge in [0, 0.05) is 0 Å². The molecule has 0 N–H and O–H groups in total. The van der Waals surface area contributed by atoms with E-state index in [2.05, 4.69) is 4.74 Å². The molecule has 1 rings (SSSR count). The molecule has 0 spiro atoms. The lowest BCUT2D eigenvalue weighted by molar-refractivity contribution is -0.144. The van der Waals surface area contributed by atoms with Gasteiger partial charge in [-0.3, -0.25) is 4.79 Å². The Labute approximate surface area is 101 Å². The van der Waals surface area contributed by atoms with Crippen LogP contribution in [-0.4, -0.2) is 13.1 Å². The summed E-state index contributed by atoms with van der Waals surface area (Å²) in [5.41, 5.74) is -6.14. The molecular formula is C10H5F7O2. The van der Waals surface area contributed by atoms with E-state index in [1.165, 1.54) is 0 Å². The van der Waals surface area contributed by atoms with Gasteiger partial charge in [-0.25, -0.2) is 0 Å². The van der Waals surface area contributed by atoms with Crippen molar-refractivity contribution in [2.24, 2.45) is 0 Å². The zero-order valence-corrected chi connectivity index (χ0v) is 9.12. The molecule has 1 aromatic rings. The van der Waals surface area contributed by atoms with Crippen LogP contribution >= 0.6 is 0 Å². The van der Waals surface area contributed by atoms with E-state index in [-0.39, 0.29) is 12.1 Å². The third-order valence-corrected chi connectivity index (χ3v) is 2.15. The van der Waals surface area contributed by atoms with Gasteiger partial charge in [0.05, 0.1) is 23.8 Å². The summed E-state index contributed by atoms with van der Waals surface area (Å²) in [6, 6.07) is -2.56. The van der Waals surface area contributed by atoms with Crippen LogP contribution in [0.4, 0.5) is 30.7 Å². The van der Waals surface area contributed by atoms with E-state index in [9.17, 15) is 35.5 Å². The lowest BCUT2D eigenvalue weighted by Crippen LogP contribution is -2.19. The van der Waals surface area contributed by atoms with Gasteiger partial charge in [0.25, 0.3) is 0 Å². The molecule has 2 nitrogen and oxygen atoms in total. The average molecular weight is 290 g/mol. The number of alkyl halides is 6. The summed E-state index contributed by atoms with van der Waals surface area (Å²) in [7, 11) is 0.840. The maximum atomic E-state index is 12.6. The maximum absolute atomic E-state index is 12.6. The SMILES string of the molecule is COc1cc(C(F)(F)F)c(C(=O)F)c(C(F)(F)F)c1. The molecule has 0 aromatic heterocycles. The maximum Gasteiger partial charge on any atom is 0.417 e. The molecular weight excluding hydrogens is 285 g/mol. The highest BCUT2D eigenvalue weighted by atomic mass is 19.4. The number of hydrogen-bond donors (Lipinski definition) is 0. The third kappa shape index (κ3) is 3.15. The Morgan fingerprint density at radius 1 is 1.00 bits per heavy atom. The molecule has 19 heavy (non-hydrogen) atoms. The van der Waals surface area contributed by atoms with Gasteiger partial charge in [-0.05, 0) is 12.1 Å². The van der Waals surface area contributed by atoms with E-state index >= 15 is 0 Å². The fourth-order valence-corrected chi connectivity index (χ4v) is 1.39. The van der Waals surface area contributed by atoms with Gasteiger partial charge in [0.1, 0.15) is 5.75 Å². The molecule has 0 aliphatic carbocycles. The first-order valence-corrected chi connectivity index (χ1v) is 4.54. The van der Waals surface area contributed by atoms with Crippen molar-refractivity contribution >= 4 is 6.04 Å². The highest BCUT2D eigenvalue weighted by molar-refractivity contribution is 5.92. The summed E-state index contributed by atoms with van der Waals surface area (Å²) in [4.78, 5) is 10.5. The quantitative estimate of drug-likeness (QED) is 0.611. The molecule has 0 heterocycles. The molecule has 0 saturated carbocycles. The van der Waals surface area contributed by atoms with Gasteiger partial charge >= 0.3 is 18.4 Å². The summed E-state index contributed by atoms with van der Waals surface area (Å²) in [6.07, 6.45) is -10.7. The molecule has 0 aliphatic rings. The van der Waals surface area contributed by atoms with Crippen molar-refractivity contribution in [2.75, 3.05) is 7.11 Å². The normalized spacial score (nSPS) is 12.4. The van der Waals surface area contributed by atoms with Gasteiger partial charge in [0.15, 0.2) is 0 Å². The number of benzene rings is 1. The fraction of sp³-hybridized carbons (Fsp3) is 0.300. The van der Waals surface area contributed by atoms with Crippen LogP contribution in [0.1, 0.15) is 21.5 Å². The summed E-state index contributed by atoms with van der Waals surface area (Å²) < 4.78 is 92.2. The number of methoxy groups -OCH3 is 1. The van der Waals surface area contributed by atoms with Crippen LogP contribution in [0.5, 0.6) is 5.75 Å². The second-order valence-corrected chi connectivity index (χ2v) is 3.37. The number of carbonyl (C=O) groups excluding carboxylic acids is 1. The number of carbonyl (C=O) groups is 1. The Morgan fingerprint density at radius 2 is 1.37 bits per heavy atom. The predicted octanol–water partition coefficient (Wildman–Crippen LogP) is 3.84. The lowest BCUT2D eigenvalue weighted by atomic mass is 9.99. The van der Waals surface area contributed by atoms with Crippen molar-refractivity contribution in [1.29, 1.82) is 0 Å². The smallest absolute Gasteiger partial charge is 0.417 e. The van der Waals surface area contributed by atoms with E-state index in [0.29, 0.717) is 0 Å². The van der Waals surface area contributed by atoms with E-state index in [4.69, 9.17) is 0 Å². The van der Waals surface area contributed by atoms with Crippen molar-refractivity contribution in [1.82, 2.24) is 0 Å². The second-order valence-electron chi connectivity index (χ2n) is 3.37. The molecule has 1 aromatic carbocycles. The molecule has 0 amide bonds. The molecule has 0 atom stereocenters. The number of hydrogen-bond acceptors (Lipinski definition) is 2. The van der Waals surface area contributed by atoms with Gasteiger partial charge in [-0.1, -0.05) is 0 Å². The predicted molar refractivity (Wildman–Crippen MR) is 48.4 cm³/mol. The summed E-state index contributed by atoms with van der Waals surface area (Å²) >= 11 is 0. The topological polar surface area (TPSA) is 26.3 Å². The minimum absolute atomic E-state index is 0.127. The van der Waals surface area contributed by atoms with Crippen LogP contribution in [0.3, 0.4) is 0 Å². The van der Waals surface area contributed by atoms with Gasteiger partial charge in [0.2, 0.25) is 0 Å². The molecule has 0 fully saturated rings. The van der Waals surface area contributed by atoms with Crippen LogP contribution < -0.4 is 4.74 Å².